The van der Waals surface area contributed by atoms with Crippen molar-refractivity contribution < 1.29 is 38.2 Å². The number of rotatable bonds is 4. The van der Waals surface area contributed by atoms with Crippen molar-refractivity contribution in [3.8, 4) is 0 Å². The molecule has 2 N–H and O–H groups in total. The predicted octanol–water partition coefficient (Wildman–Crippen LogP) is 1.71. The molecule has 0 spiro atoms. The SMILES string of the molecule is CC[C@@H]1CC(=O)CN[C@@H](C(C)C)C(=O)CC(=O)O1.CC[C@@H]1CC(=O)CN[C@@H](C(C)C)C(=O)CC(=O)O1. The summed E-state index contributed by atoms with van der Waals surface area (Å²) in [7, 11) is 0. The lowest BCUT2D eigenvalue weighted by Crippen LogP contribution is -2.45. The van der Waals surface area contributed by atoms with Crippen molar-refractivity contribution in [1.29, 1.82) is 0 Å². The second-order valence-corrected chi connectivity index (χ2v) is 10.0. The molecular formula is C26H42N2O8. The monoisotopic (exact) mass is 510 g/mol. The molecule has 2 rings (SSSR count). The van der Waals surface area contributed by atoms with Crippen LogP contribution in [0, 0.1) is 11.8 Å². The topological polar surface area (TPSA) is 145 Å². The molecule has 4 atom stereocenters. The molecular weight excluding hydrogens is 468 g/mol. The Kier molecular flexibility index (Phi) is 13.7. The summed E-state index contributed by atoms with van der Waals surface area (Å²) in [5.41, 5.74) is 0. The smallest absolute Gasteiger partial charge is 0.313 e. The zero-order valence-corrected chi connectivity index (χ0v) is 22.4. The van der Waals surface area contributed by atoms with Gasteiger partial charge in [-0.3, -0.25) is 28.8 Å². The zero-order valence-electron chi connectivity index (χ0n) is 22.4. The molecule has 0 bridgehead atoms. The third kappa shape index (κ3) is 11.1. The summed E-state index contributed by atoms with van der Waals surface area (Å²) < 4.78 is 10.3. The minimum Gasteiger partial charge on any atom is -0.462 e. The van der Waals surface area contributed by atoms with E-state index in [0.717, 1.165) is 0 Å². The van der Waals surface area contributed by atoms with Gasteiger partial charge in [-0.1, -0.05) is 41.5 Å². The fraction of sp³-hybridized carbons (Fsp3) is 0.769. The first-order chi connectivity index (χ1) is 16.9. The highest BCUT2D eigenvalue weighted by Gasteiger charge is 2.29. The third-order valence-electron chi connectivity index (χ3n) is 6.12. The van der Waals surface area contributed by atoms with E-state index in [2.05, 4.69) is 10.6 Å². The van der Waals surface area contributed by atoms with E-state index in [9.17, 15) is 28.8 Å². The lowest BCUT2D eigenvalue weighted by molar-refractivity contribution is -0.155. The van der Waals surface area contributed by atoms with E-state index < -0.39 is 36.2 Å². The van der Waals surface area contributed by atoms with Crippen LogP contribution in [0.4, 0.5) is 0 Å². The molecule has 2 fully saturated rings. The summed E-state index contributed by atoms with van der Waals surface area (Å²) in [5, 5.41) is 5.89. The standard InChI is InChI=1S/2C13H21NO4/c2*1-4-10-5-9(15)7-14-13(8(2)3)11(16)6-12(17)18-10/h2*8,10,13-14H,4-7H2,1-3H3/t2*10-,13+/m11/s1. The van der Waals surface area contributed by atoms with E-state index in [1.165, 1.54) is 0 Å². The second kappa shape index (κ2) is 15.6. The summed E-state index contributed by atoms with van der Waals surface area (Å²) in [4.78, 5) is 70.3. The summed E-state index contributed by atoms with van der Waals surface area (Å²) in [6.45, 7) is 11.5. The first-order valence-corrected chi connectivity index (χ1v) is 12.8. The highest BCUT2D eigenvalue weighted by molar-refractivity contribution is 6.00. The number of esters is 2. The summed E-state index contributed by atoms with van der Waals surface area (Å²) in [6.07, 6.45) is 0.340. The van der Waals surface area contributed by atoms with Gasteiger partial charge in [-0.25, -0.2) is 0 Å². The molecule has 0 aromatic rings. The van der Waals surface area contributed by atoms with E-state index in [1.807, 2.05) is 41.5 Å². The third-order valence-corrected chi connectivity index (χ3v) is 6.12. The van der Waals surface area contributed by atoms with Crippen molar-refractivity contribution in [2.45, 2.75) is 104 Å². The molecule has 0 saturated carbocycles. The van der Waals surface area contributed by atoms with Gasteiger partial charge in [0.05, 0.1) is 25.2 Å². The molecule has 0 amide bonds. The van der Waals surface area contributed by atoms with Crippen molar-refractivity contribution in [2.75, 3.05) is 13.1 Å². The Labute approximate surface area is 213 Å². The molecule has 2 aliphatic heterocycles. The maximum Gasteiger partial charge on any atom is 0.313 e. The van der Waals surface area contributed by atoms with Gasteiger partial charge in [-0.05, 0) is 24.7 Å². The van der Waals surface area contributed by atoms with Gasteiger partial charge in [0.15, 0.2) is 11.6 Å². The van der Waals surface area contributed by atoms with Crippen molar-refractivity contribution in [2.24, 2.45) is 11.8 Å². The van der Waals surface area contributed by atoms with Crippen LogP contribution in [0.25, 0.3) is 0 Å². The molecule has 0 aromatic heterocycles. The van der Waals surface area contributed by atoms with Crippen LogP contribution in [0.1, 0.15) is 80.1 Å². The van der Waals surface area contributed by atoms with Crippen LogP contribution < -0.4 is 10.6 Å². The van der Waals surface area contributed by atoms with E-state index in [1.54, 1.807) is 0 Å². The molecule has 0 unspecified atom stereocenters. The Morgan fingerprint density at radius 2 is 1.00 bits per heavy atom. The average Bonchev–Trinajstić information content (AvgIpc) is 2.77. The van der Waals surface area contributed by atoms with Crippen molar-refractivity contribution in [3.05, 3.63) is 0 Å². The van der Waals surface area contributed by atoms with Crippen molar-refractivity contribution in [1.82, 2.24) is 10.6 Å². The van der Waals surface area contributed by atoms with Gasteiger partial charge in [-0.2, -0.15) is 0 Å². The average molecular weight is 511 g/mol. The predicted molar refractivity (Wildman–Crippen MR) is 132 cm³/mol. The largest absolute Gasteiger partial charge is 0.462 e. The highest BCUT2D eigenvalue weighted by atomic mass is 16.5. The molecule has 2 heterocycles. The first kappa shape index (κ1) is 31.6. The fourth-order valence-corrected chi connectivity index (χ4v) is 4.04. The number of hydrogen-bond donors (Lipinski definition) is 2. The zero-order chi connectivity index (χ0) is 27.4. The van der Waals surface area contributed by atoms with Gasteiger partial charge in [-0.15, -0.1) is 0 Å². The molecule has 2 aliphatic rings. The number of carbonyl (C=O) groups excluding carboxylic acids is 6. The Hall–Kier alpha value is -2.46. The van der Waals surface area contributed by atoms with E-state index in [4.69, 9.17) is 9.47 Å². The lowest BCUT2D eigenvalue weighted by atomic mass is 9.97. The van der Waals surface area contributed by atoms with Crippen LogP contribution in [0.2, 0.25) is 0 Å². The van der Waals surface area contributed by atoms with Gasteiger partial charge in [0, 0.05) is 12.8 Å². The molecule has 10 heteroatoms. The van der Waals surface area contributed by atoms with Crippen LogP contribution in [0.3, 0.4) is 0 Å². The molecule has 0 aliphatic carbocycles. The van der Waals surface area contributed by atoms with E-state index in [0.29, 0.717) is 12.8 Å². The number of ketones is 4. The summed E-state index contributed by atoms with van der Waals surface area (Å²) in [5.74, 6) is -1.47. The maximum absolute atomic E-state index is 11.9. The van der Waals surface area contributed by atoms with Crippen LogP contribution in [0.15, 0.2) is 0 Å². The number of nitrogens with one attached hydrogen (secondary N) is 2. The highest BCUT2D eigenvalue weighted by Crippen LogP contribution is 2.13. The number of Topliss-reactive ketones (excluding diaryl/α,β-unsaturated/α-hetero) is 4. The van der Waals surface area contributed by atoms with Gasteiger partial charge >= 0.3 is 11.9 Å². The Morgan fingerprint density at radius 3 is 1.28 bits per heavy atom. The van der Waals surface area contributed by atoms with Crippen LogP contribution >= 0.6 is 0 Å². The van der Waals surface area contributed by atoms with E-state index >= 15 is 0 Å². The Balaban J connectivity index is 0.000000360. The van der Waals surface area contributed by atoms with Gasteiger partial charge in [0.1, 0.15) is 36.6 Å². The molecule has 0 aromatic carbocycles. The number of hydrogen-bond acceptors (Lipinski definition) is 10. The van der Waals surface area contributed by atoms with Crippen molar-refractivity contribution >= 4 is 35.1 Å². The van der Waals surface area contributed by atoms with Crippen LogP contribution in [-0.2, 0) is 38.2 Å². The number of carbonyl (C=O) groups is 6. The Bertz CT molecular complexity index is 742. The number of cyclic esters (lactones) is 2. The Morgan fingerprint density at radius 1 is 0.667 bits per heavy atom. The van der Waals surface area contributed by atoms with Crippen molar-refractivity contribution in [3.63, 3.8) is 0 Å². The normalized spacial score (nSPS) is 27.2. The molecule has 10 nitrogen and oxygen atoms in total. The number of ether oxygens (including phenoxy) is 2. The quantitative estimate of drug-likeness (QED) is 0.423. The van der Waals surface area contributed by atoms with Crippen LogP contribution in [0.5, 0.6) is 0 Å². The molecule has 0 radical (unpaired) electrons. The second-order valence-electron chi connectivity index (χ2n) is 10.0. The summed E-state index contributed by atoms with van der Waals surface area (Å²) >= 11 is 0. The first-order valence-electron chi connectivity index (χ1n) is 12.8. The molecule has 2 saturated heterocycles. The molecule has 36 heavy (non-hydrogen) atoms. The van der Waals surface area contributed by atoms with Gasteiger partial charge in [0.2, 0.25) is 0 Å². The minimum atomic E-state index is -0.533. The lowest BCUT2D eigenvalue weighted by Gasteiger charge is -2.24. The van der Waals surface area contributed by atoms with Gasteiger partial charge < -0.3 is 20.1 Å². The molecule has 204 valence electrons. The summed E-state index contributed by atoms with van der Waals surface area (Å²) in [6, 6.07) is -0.917. The minimum absolute atomic E-state index is 0.0324. The van der Waals surface area contributed by atoms with Gasteiger partial charge in [0.25, 0.3) is 0 Å². The van der Waals surface area contributed by atoms with Crippen LogP contribution in [-0.4, -0.2) is 72.5 Å². The van der Waals surface area contributed by atoms with E-state index in [-0.39, 0.29) is 73.7 Å². The maximum atomic E-state index is 11.9. The fourth-order valence-electron chi connectivity index (χ4n) is 4.04.